The summed E-state index contributed by atoms with van der Waals surface area (Å²) in [5.41, 5.74) is 4.88. The third-order valence-electron chi connectivity index (χ3n) is 5.96. The molecule has 6 nitrogen and oxygen atoms in total. The number of carbonyl (C=O) groups excluding carboxylic acids is 1. The fraction of sp³-hybridized carbons (Fsp3) is 0.333. The Kier molecular flexibility index (Phi) is 5.00. The van der Waals surface area contributed by atoms with Crippen LogP contribution in [0.5, 0.6) is 0 Å². The van der Waals surface area contributed by atoms with Gasteiger partial charge in [-0.3, -0.25) is 4.79 Å². The van der Waals surface area contributed by atoms with Crippen LogP contribution in [0.4, 0.5) is 4.39 Å². The predicted octanol–water partition coefficient (Wildman–Crippen LogP) is 2.46. The van der Waals surface area contributed by atoms with Crippen molar-refractivity contribution in [3.63, 3.8) is 0 Å². The molecule has 2 aliphatic heterocycles. The number of amides is 1. The van der Waals surface area contributed by atoms with Crippen LogP contribution in [-0.4, -0.2) is 28.7 Å². The van der Waals surface area contributed by atoms with E-state index in [0.29, 0.717) is 22.9 Å². The quantitative estimate of drug-likeness (QED) is 0.329. The van der Waals surface area contributed by atoms with Gasteiger partial charge in [-0.1, -0.05) is 24.3 Å². The van der Waals surface area contributed by atoms with Crippen LogP contribution >= 0.6 is 0 Å². The number of amidine groups is 1. The molecule has 28 heavy (non-hydrogen) atoms. The zero-order chi connectivity index (χ0) is 19.7. The topological polar surface area (TPSA) is 96.7 Å². The van der Waals surface area contributed by atoms with Crippen LogP contribution in [0, 0.1) is 5.82 Å². The number of fused-ring (bicyclic) bond motifs is 2. The van der Waals surface area contributed by atoms with Gasteiger partial charge in [0.15, 0.2) is 5.84 Å². The highest BCUT2D eigenvalue weighted by atomic mass is 19.1. The van der Waals surface area contributed by atoms with E-state index < -0.39 is 0 Å². The summed E-state index contributed by atoms with van der Waals surface area (Å²) < 4.78 is 13.2. The maximum absolute atomic E-state index is 13.3. The molecule has 2 aromatic rings. The maximum atomic E-state index is 13.3. The van der Waals surface area contributed by atoms with E-state index in [4.69, 9.17) is 11.7 Å². The number of nitrogens with two attached hydrogens (primary N) is 2. The first-order valence-electron chi connectivity index (χ1n) is 9.53. The summed E-state index contributed by atoms with van der Waals surface area (Å²) >= 11 is 0. The largest absolute Gasteiger partial charge is 0.333 e. The Morgan fingerprint density at radius 2 is 1.71 bits per heavy atom. The molecule has 2 saturated heterocycles. The molecular formula is C21H24FN5O. The van der Waals surface area contributed by atoms with Crippen LogP contribution in [0.3, 0.4) is 0 Å². The lowest BCUT2D eigenvalue weighted by Crippen LogP contribution is -2.46. The summed E-state index contributed by atoms with van der Waals surface area (Å²) in [5, 5.41) is 3.61. The monoisotopic (exact) mass is 381 g/mol. The van der Waals surface area contributed by atoms with E-state index in [2.05, 4.69) is 10.5 Å². The molecule has 2 aliphatic rings. The van der Waals surface area contributed by atoms with E-state index in [0.717, 1.165) is 31.2 Å². The molecule has 2 fully saturated rings. The van der Waals surface area contributed by atoms with Crippen molar-refractivity contribution in [3.05, 3.63) is 71.0 Å². The predicted molar refractivity (Wildman–Crippen MR) is 106 cm³/mol. The second-order valence-electron chi connectivity index (χ2n) is 7.52. The van der Waals surface area contributed by atoms with Crippen molar-refractivity contribution < 1.29 is 9.18 Å². The van der Waals surface area contributed by atoms with E-state index in [1.54, 1.807) is 18.2 Å². The maximum Gasteiger partial charge on any atom is 0.254 e. The van der Waals surface area contributed by atoms with Crippen molar-refractivity contribution in [2.24, 2.45) is 16.8 Å². The second kappa shape index (κ2) is 7.59. The minimum absolute atomic E-state index is 0.0281. The first-order chi connectivity index (χ1) is 13.6. The van der Waals surface area contributed by atoms with Crippen molar-refractivity contribution in [1.82, 2.24) is 10.3 Å². The van der Waals surface area contributed by atoms with Gasteiger partial charge >= 0.3 is 0 Å². The van der Waals surface area contributed by atoms with Crippen molar-refractivity contribution in [1.29, 1.82) is 0 Å². The van der Waals surface area contributed by atoms with Gasteiger partial charge in [-0.05, 0) is 61.4 Å². The number of piperidine rings is 1. The number of halogens is 1. The van der Waals surface area contributed by atoms with Crippen LogP contribution in [-0.2, 0) is 0 Å². The summed E-state index contributed by atoms with van der Waals surface area (Å²) in [6.07, 6.45) is 3.84. The van der Waals surface area contributed by atoms with Gasteiger partial charge in [-0.15, -0.1) is 0 Å². The molecule has 1 amide bonds. The normalized spacial score (nSPS) is 24.3. The van der Waals surface area contributed by atoms with Crippen LogP contribution in [0.15, 0.2) is 53.6 Å². The minimum atomic E-state index is -0.216. The molecule has 0 spiro atoms. The van der Waals surface area contributed by atoms with E-state index in [1.807, 2.05) is 23.1 Å². The van der Waals surface area contributed by atoms with E-state index in [1.165, 1.54) is 12.1 Å². The lowest BCUT2D eigenvalue weighted by atomic mass is 9.84. The third-order valence-corrected chi connectivity index (χ3v) is 5.96. The van der Waals surface area contributed by atoms with E-state index in [-0.39, 0.29) is 23.8 Å². The number of nitrogens with zero attached hydrogens (tertiary/aromatic N) is 2. The summed E-state index contributed by atoms with van der Waals surface area (Å²) in [4.78, 5) is 15.3. The van der Waals surface area contributed by atoms with Crippen molar-refractivity contribution in [2.75, 3.05) is 0 Å². The highest BCUT2D eigenvalue weighted by Crippen LogP contribution is 2.43. The molecule has 2 atom stereocenters. The molecule has 146 valence electrons. The van der Waals surface area contributed by atoms with E-state index >= 15 is 0 Å². The van der Waals surface area contributed by atoms with Crippen molar-refractivity contribution in [2.45, 2.75) is 43.7 Å². The summed E-state index contributed by atoms with van der Waals surface area (Å²) in [6.45, 7) is 0. The number of rotatable bonds is 3. The first-order valence-corrected chi connectivity index (χ1v) is 9.53. The standard InChI is InChI=1S/C21H24FN5O/c22-17-6-4-13(5-7-17)16-11-18-8-9-19(12-16)27(18)21(28)15-3-1-2-14(10-15)20(25-23)26-24/h1-7,10,16,18-19H,8-9,11-12,23-24H2,(H,25,26). The molecule has 5 N–H and O–H groups in total. The zero-order valence-electron chi connectivity index (χ0n) is 15.5. The number of hydrazone groups is 1. The summed E-state index contributed by atoms with van der Waals surface area (Å²) in [6, 6.07) is 14.4. The van der Waals surface area contributed by atoms with Gasteiger partial charge in [-0.2, -0.15) is 5.10 Å². The van der Waals surface area contributed by atoms with Gasteiger partial charge in [0, 0.05) is 23.2 Å². The van der Waals surface area contributed by atoms with Crippen molar-refractivity contribution in [3.8, 4) is 0 Å². The van der Waals surface area contributed by atoms with Gasteiger partial charge in [-0.25, -0.2) is 10.2 Å². The molecule has 4 rings (SSSR count). The summed E-state index contributed by atoms with van der Waals surface area (Å²) in [7, 11) is 0. The highest BCUT2D eigenvalue weighted by Gasteiger charge is 2.43. The Balaban J connectivity index is 1.54. The van der Waals surface area contributed by atoms with Crippen LogP contribution in [0.1, 0.15) is 53.1 Å². The Morgan fingerprint density at radius 3 is 2.32 bits per heavy atom. The minimum Gasteiger partial charge on any atom is -0.333 e. The lowest BCUT2D eigenvalue weighted by molar-refractivity contribution is 0.0571. The van der Waals surface area contributed by atoms with E-state index in [9.17, 15) is 9.18 Å². The molecule has 0 saturated carbocycles. The second-order valence-corrected chi connectivity index (χ2v) is 7.52. The molecule has 2 bridgehead atoms. The fourth-order valence-electron chi connectivity index (χ4n) is 4.66. The lowest BCUT2D eigenvalue weighted by Gasteiger charge is -2.39. The number of carbonyl (C=O) groups is 1. The molecule has 2 aromatic carbocycles. The molecular weight excluding hydrogens is 357 g/mol. The average Bonchev–Trinajstić information content (AvgIpc) is 2.98. The third kappa shape index (κ3) is 3.33. The first kappa shape index (κ1) is 18.4. The van der Waals surface area contributed by atoms with Crippen LogP contribution in [0.25, 0.3) is 0 Å². The van der Waals surface area contributed by atoms with Gasteiger partial charge in [0.1, 0.15) is 5.82 Å². The van der Waals surface area contributed by atoms with Gasteiger partial charge < -0.3 is 16.2 Å². The smallest absolute Gasteiger partial charge is 0.254 e. The molecule has 7 heteroatoms. The van der Waals surface area contributed by atoms with Crippen molar-refractivity contribution >= 4 is 11.7 Å². The number of hydrogen-bond donors (Lipinski definition) is 3. The SMILES string of the molecule is N/N=C(\NN)c1cccc(C(=O)N2C3CCC2CC(c2ccc(F)cc2)C3)c1. The summed E-state index contributed by atoms with van der Waals surface area (Å²) in [5.74, 6) is 11.3. The number of hydrazine groups is 1. The Hall–Kier alpha value is -2.93. The number of nitrogens with one attached hydrogen (secondary N) is 1. The Bertz CT molecular complexity index is 884. The zero-order valence-corrected chi connectivity index (χ0v) is 15.5. The number of hydrogen-bond acceptors (Lipinski definition) is 4. The van der Waals surface area contributed by atoms with Crippen LogP contribution < -0.4 is 17.1 Å². The molecule has 0 aliphatic carbocycles. The molecule has 0 aromatic heterocycles. The van der Waals surface area contributed by atoms with Gasteiger partial charge in [0.05, 0.1) is 0 Å². The van der Waals surface area contributed by atoms with Crippen LogP contribution in [0.2, 0.25) is 0 Å². The molecule has 2 unspecified atom stereocenters. The van der Waals surface area contributed by atoms with Gasteiger partial charge in [0.2, 0.25) is 0 Å². The highest BCUT2D eigenvalue weighted by molar-refractivity contribution is 6.02. The average molecular weight is 381 g/mol. The van der Waals surface area contributed by atoms with Gasteiger partial charge in [0.25, 0.3) is 5.91 Å². The number of benzene rings is 2. The Labute approximate surface area is 163 Å². The molecule has 0 radical (unpaired) electrons. The fourth-order valence-corrected chi connectivity index (χ4v) is 4.66. The molecule has 2 heterocycles. The Morgan fingerprint density at radius 1 is 1.07 bits per heavy atom.